The van der Waals surface area contributed by atoms with Crippen molar-refractivity contribution in [2.75, 3.05) is 0 Å². The van der Waals surface area contributed by atoms with Crippen LogP contribution in [0.25, 0.3) is 16.7 Å². The van der Waals surface area contributed by atoms with Crippen molar-refractivity contribution >= 4 is 16.9 Å². The Morgan fingerprint density at radius 2 is 1.92 bits per heavy atom. The molecule has 0 aliphatic heterocycles. The Kier molecular flexibility index (Phi) is 3.99. The lowest BCUT2D eigenvalue weighted by molar-refractivity contribution is -0.119. The van der Waals surface area contributed by atoms with Crippen molar-refractivity contribution in [2.45, 2.75) is 39.2 Å². The molecule has 138 valence electrons. The van der Waals surface area contributed by atoms with E-state index < -0.39 is 11.1 Å². The summed E-state index contributed by atoms with van der Waals surface area (Å²) in [6.45, 7) is 1.92. The first-order chi connectivity index (χ1) is 12.5. The third-order valence-corrected chi connectivity index (χ3v) is 4.93. The number of carbonyl (C=O) groups excluding carboxylic acids is 1. The molecule has 7 heteroatoms. The number of rotatable bonds is 3. The normalized spacial score (nSPS) is 13.6. The zero-order valence-corrected chi connectivity index (χ0v) is 14.5. The Labute approximate surface area is 152 Å². The molecule has 0 radical (unpaired) electrons. The number of fused-ring (bicyclic) bond motifs is 3. The molecule has 0 saturated carbocycles. The molecule has 2 aromatic heterocycles. The fraction of sp³-hybridized carbons (Fsp3) is 0.316. The molecule has 26 heavy (non-hydrogen) atoms. The summed E-state index contributed by atoms with van der Waals surface area (Å²) in [5.74, 6) is -0.0832. The molecule has 2 heterocycles. The van der Waals surface area contributed by atoms with Gasteiger partial charge >= 0.3 is 11.1 Å². The van der Waals surface area contributed by atoms with Crippen molar-refractivity contribution in [1.29, 1.82) is 0 Å². The van der Waals surface area contributed by atoms with Gasteiger partial charge in [0.1, 0.15) is 0 Å². The number of hydrogen-bond acceptors (Lipinski definition) is 3. The standard InChI is InChI=1S/C19H20N4O3.2H2/c1-11(24)20-10-12-5-4-8-23(12)16-9-15-17(22-19(26)18(25)21-15)14-7-3-2-6-13(14)16;;/h4-5,8-9H,2-3,6-7,10H2,1H3,(H,20,24)(H,21,25)(H,22,26);2*1H. The van der Waals surface area contributed by atoms with Crippen molar-refractivity contribution in [2.24, 2.45) is 0 Å². The molecule has 0 spiro atoms. The summed E-state index contributed by atoms with van der Waals surface area (Å²) in [4.78, 5) is 40.3. The van der Waals surface area contributed by atoms with Gasteiger partial charge in [-0.3, -0.25) is 14.4 Å². The van der Waals surface area contributed by atoms with Crippen molar-refractivity contribution < 1.29 is 7.65 Å². The SMILES string of the molecule is CC(=O)NCc1cccn1-c1cc2[nH]c(=O)c(=O)[nH]c2c2c1CCCC2.[HH].[HH]. The molecule has 1 aliphatic carbocycles. The summed E-state index contributed by atoms with van der Waals surface area (Å²) >= 11 is 0. The summed E-state index contributed by atoms with van der Waals surface area (Å²) in [5, 5.41) is 2.83. The predicted octanol–water partition coefficient (Wildman–Crippen LogP) is 2.01. The minimum Gasteiger partial charge on any atom is -0.351 e. The van der Waals surface area contributed by atoms with Crippen LogP contribution in [0.3, 0.4) is 0 Å². The van der Waals surface area contributed by atoms with Gasteiger partial charge < -0.3 is 19.9 Å². The molecule has 1 amide bonds. The van der Waals surface area contributed by atoms with Crippen LogP contribution in [-0.4, -0.2) is 20.4 Å². The van der Waals surface area contributed by atoms with E-state index in [2.05, 4.69) is 15.3 Å². The zero-order valence-electron chi connectivity index (χ0n) is 14.5. The highest BCUT2D eigenvalue weighted by Crippen LogP contribution is 2.32. The second-order valence-corrected chi connectivity index (χ2v) is 6.67. The molecule has 0 fully saturated rings. The van der Waals surface area contributed by atoms with Gasteiger partial charge in [-0.15, -0.1) is 0 Å². The van der Waals surface area contributed by atoms with Crippen molar-refractivity contribution in [3.05, 3.63) is 61.9 Å². The average molecular weight is 356 g/mol. The number of nitrogens with zero attached hydrogens (tertiary/aromatic N) is 1. The number of hydrogen-bond donors (Lipinski definition) is 3. The minimum absolute atomic E-state index is 0. The van der Waals surface area contributed by atoms with Gasteiger partial charge in [0.2, 0.25) is 5.91 Å². The fourth-order valence-corrected chi connectivity index (χ4v) is 3.74. The van der Waals surface area contributed by atoms with Crippen LogP contribution in [0.15, 0.2) is 34.0 Å². The van der Waals surface area contributed by atoms with Crippen LogP contribution >= 0.6 is 0 Å². The van der Waals surface area contributed by atoms with E-state index in [9.17, 15) is 14.4 Å². The number of nitrogens with one attached hydrogen (secondary N) is 3. The highest BCUT2D eigenvalue weighted by molar-refractivity contribution is 5.83. The smallest absolute Gasteiger partial charge is 0.314 e. The van der Waals surface area contributed by atoms with Crippen molar-refractivity contribution in [3.8, 4) is 5.69 Å². The van der Waals surface area contributed by atoms with Gasteiger partial charge in [-0.1, -0.05) is 0 Å². The molecule has 1 aromatic carbocycles. The number of carbonyl (C=O) groups is 1. The van der Waals surface area contributed by atoms with Gasteiger partial charge in [-0.25, -0.2) is 0 Å². The largest absolute Gasteiger partial charge is 0.351 e. The molecule has 0 saturated heterocycles. The van der Waals surface area contributed by atoms with Crippen LogP contribution in [-0.2, 0) is 24.2 Å². The zero-order chi connectivity index (χ0) is 18.3. The minimum atomic E-state index is -0.648. The van der Waals surface area contributed by atoms with Crippen LogP contribution < -0.4 is 16.4 Å². The van der Waals surface area contributed by atoms with E-state index in [1.807, 2.05) is 29.0 Å². The molecule has 1 aliphatic rings. The van der Waals surface area contributed by atoms with Crippen LogP contribution in [0.4, 0.5) is 0 Å². The van der Waals surface area contributed by atoms with E-state index >= 15 is 0 Å². The summed E-state index contributed by atoms with van der Waals surface area (Å²) in [6.07, 6.45) is 5.87. The summed E-state index contributed by atoms with van der Waals surface area (Å²) in [7, 11) is 0. The van der Waals surface area contributed by atoms with Crippen LogP contribution in [0.1, 0.15) is 39.4 Å². The first-order valence-corrected chi connectivity index (χ1v) is 8.76. The third kappa shape index (κ3) is 2.75. The number of amides is 1. The molecule has 7 nitrogen and oxygen atoms in total. The Hall–Kier alpha value is -3.09. The maximum atomic E-state index is 11.8. The molecule has 0 atom stereocenters. The van der Waals surface area contributed by atoms with E-state index in [0.717, 1.165) is 48.1 Å². The molecular formula is C19H24N4O3. The lowest BCUT2D eigenvalue weighted by Gasteiger charge is -2.23. The van der Waals surface area contributed by atoms with E-state index in [-0.39, 0.29) is 8.76 Å². The second kappa shape index (κ2) is 6.33. The molecule has 4 rings (SSSR count). The van der Waals surface area contributed by atoms with E-state index in [0.29, 0.717) is 12.1 Å². The Bertz CT molecular complexity index is 1130. The topological polar surface area (TPSA) is 99.8 Å². The number of benzene rings is 1. The molecule has 0 bridgehead atoms. The van der Waals surface area contributed by atoms with Gasteiger partial charge in [-0.2, -0.15) is 0 Å². The van der Waals surface area contributed by atoms with Crippen LogP contribution in [0.2, 0.25) is 0 Å². The number of aromatic nitrogens is 3. The van der Waals surface area contributed by atoms with Crippen molar-refractivity contribution in [1.82, 2.24) is 19.9 Å². The Morgan fingerprint density at radius 1 is 1.19 bits per heavy atom. The maximum Gasteiger partial charge on any atom is 0.314 e. The maximum absolute atomic E-state index is 11.8. The van der Waals surface area contributed by atoms with E-state index in [1.165, 1.54) is 12.5 Å². The van der Waals surface area contributed by atoms with Gasteiger partial charge in [0.15, 0.2) is 0 Å². The average Bonchev–Trinajstić information content (AvgIpc) is 3.09. The lowest BCUT2D eigenvalue weighted by Crippen LogP contribution is -2.30. The van der Waals surface area contributed by atoms with E-state index in [4.69, 9.17) is 0 Å². The van der Waals surface area contributed by atoms with Gasteiger partial charge in [0.05, 0.1) is 23.3 Å². The number of H-pyrrole nitrogens is 2. The third-order valence-electron chi connectivity index (χ3n) is 4.93. The summed E-state index contributed by atoms with van der Waals surface area (Å²) in [6, 6.07) is 5.81. The fourth-order valence-electron chi connectivity index (χ4n) is 3.74. The first kappa shape index (κ1) is 16.4. The van der Waals surface area contributed by atoms with Crippen molar-refractivity contribution in [3.63, 3.8) is 0 Å². The van der Waals surface area contributed by atoms with E-state index in [1.54, 1.807) is 0 Å². The Morgan fingerprint density at radius 3 is 2.69 bits per heavy atom. The quantitative estimate of drug-likeness (QED) is 0.626. The van der Waals surface area contributed by atoms with Gasteiger partial charge in [0.25, 0.3) is 0 Å². The number of aryl methyl sites for hydroxylation is 1. The lowest BCUT2D eigenvalue weighted by atomic mass is 9.89. The summed E-state index contributed by atoms with van der Waals surface area (Å²) < 4.78 is 2.04. The van der Waals surface area contributed by atoms with Crippen LogP contribution in [0.5, 0.6) is 0 Å². The monoisotopic (exact) mass is 356 g/mol. The number of aromatic amines is 2. The molecule has 3 N–H and O–H groups in total. The highest BCUT2D eigenvalue weighted by Gasteiger charge is 2.20. The highest BCUT2D eigenvalue weighted by atomic mass is 16.2. The Balaban J connectivity index is 0.00000140. The first-order valence-electron chi connectivity index (χ1n) is 8.76. The molecule has 0 unspecified atom stereocenters. The van der Waals surface area contributed by atoms with Gasteiger partial charge in [-0.05, 0) is 55.0 Å². The van der Waals surface area contributed by atoms with Crippen LogP contribution in [0, 0.1) is 0 Å². The predicted molar refractivity (Wildman–Crippen MR) is 103 cm³/mol. The summed E-state index contributed by atoms with van der Waals surface area (Å²) in [5.41, 5.74) is 4.31. The molecule has 3 aromatic rings. The van der Waals surface area contributed by atoms with Gasteiger partial charge in [0, 0.05) is 21.7 Å². The molecular weight excluding hydrogens is 332 g/mol. The second-order valence-electron chi connectivity index (χ2n) is 6.67.